The van der Waals surface area contributed by atoms with E-state index in [0.29, 0.717) is 5.84 Å². The molecule has 0 aromatic rings. The Balaban J connectivity index is 1.73. The predicted molar refractivity (Wildman–Crippen MR) is 87.6 cm³/mol. The topological polar surface area (TPSA) is 61.8 Å². The number of nitrogens with zero attached hydrogens (tertiary/aromatic N) is 2. The molecule has 0 aromatic heterocycles. The second kappa shape index (κ2) is 7.48. The molecular formula is C17H33N3O. The second-order valence-electron chi connectivity index (χ2n) is 7.62. The Bertz CT molecular complexity index is 352. The third-order valence-corrected chi connectivity index (χ3v) is 5.66. The number of unbranched alkanes of at least 4 members (excludes halogenated alkanes) is 1. The molecule has 0 spiro atoms. The summed E-state index contributed by atoms with van der Waals surface area (Å²) in [7, 11) is 0. The summed E-state index contributed by atoms with van der Waals surface area (Å²) in [6.45, 7) is 6.64. The van der Waals surface area contributed by atoms with Crippen LogP contribution in [0.25, 0.3) is 0 Å². The maximum Gasteiger partial charge on any atom is 0.144 e. The summed E-state index contributed by atoms with van der Waals surface area (Å²) in [6.07, 6.45) is 12.0. The highest BCUT2D eigenvalue weighted by molar-refractivity contribution is 5.85. The van der Waals surface area contributed by atoms with Gasteiger partial charge in [0.05, 0.1) is 0 Å². The molecule has 2 aliphatic rings. The van der Waals surface area contributed by atoms with Gasteiger partial charge in [0.15, 0.2) is 0 Å². The normalized spacial score (nSPS) is 28.4. The number of hydrogen-bond acceptors (Lipinski definition) is 3. The Kier molecular flexibility index (Phi) is 5.91. The number of amidine groups is 1. The van der Waals surface area contributed by atoms with E-state index in [1.165, 1.54) is 58.0 Å². The minimum atomic E-state index is -0.190. The fourth-order valence-electron chi connectivity index (χ4n) is 4.15. The van der Waals surface area contributed by atoms with E-state index >= 15 is 0 Å². The second-order valence-corrected chi connectivity index (χ2v) is 7.62. The van der Waals surface area contributed by atoms with Gasteiger partial charge in [-0.15, -0.1) is 0 Å². The van der Waals surface area contributed by atoms with Gasteiger partial charge < -0.3 is 15.8 Å². The summed E-state index contributed by atoms with van der Waals surface area (Å²) in [5.74, 6) is 1.33. The van der Waals surface area contributed by atoms with Crippen LogP contribution in [0.15, 0.2) is 5.16 Å². The quantitative estimate of drug-likeness (QED) is 0.259. The van der Waals surface area contributed by atoms with E-state index in [9.17, 15) is 0 Å². The monoisotopic (exact) mass is 295 g/mol. The molecule has 4 heteroatoms. The van der Waals surface area contributed by atoms with Gasteiger partial charge in [-0.2, -0.15) is 0 Å². The molecule has 3 N–H and O–H groups in total. The van der Waals surface area contributed by atoms with Crippen LogP contribution in [-0.4, -0.2) is 35.1 Å². The summed E-state index contributed by atoms with van der Waals surface area (Å²) in [5.41, 5.74) is 5.56. The lowest BCUT2D eigenvalue weighted by molar-refractivity contribution is 0.0592. The first kappa shape index (κ1) is 16.6. The van der Waals surface area contributed by atoms with E-state index < -0.39 is 0 Å². The highest BCUT2D eigenvalue weighted by atomic mass is 16.4. The van der Waals surface area contributed by atoms with Gasteiger partial charge in [-0.25, -0.2) is 0 Å². The Labute approximate surface area is 129 Å². The zero-order valence-corrected chi connectivity index (χ0v) is 13.9. The minimum Gasteiger partial charge on any atom is -0.409 e. The van der Waals surface area contributed by atoms with Gasteiger partial charge in [-0.05, 0) is 57.5 Å². The summed E-state index contributed by atoms with van der Waals surface area (Å²) < 4.78 is 0. The van der Waals surface area contributed by atoms with E-state index in [1.807, 2.05) is 0 Å². The number of hydrogen-bond donors (Lipinski definition) is 2. The molecule has 1 saturated carbocycles. The molecule has 1 saturated heterocycles. The van der Waals surface area contributed by atoms with E-state index in [0.717, 1.165) is 24.8 Å². The van der Waals surface area contributed by atoms with Crippen molar-refractivity contribution in [2.24, 2.45) is 22.2 Å². The molecule has 2 rings (SSSR count). The van der Waals surface area contributed by atoms with Crippen molar-refractivity contribution >= 4 is 5.84 Å². The number of nitrogens with two attached hydrogens (primary N) is 1. The number of likely N-dealkylation sites (tertiary alicyclic amines) is 1. The van der Waals surface area contributed by atoms with Crippen LogP contribution < -0.4 is 5.73 Å². The molecule has 4 nitrogen and oxygen atoms in total. The van der Waals surface area contributed by atoms with Crippen molar-refractivity contribution in [1.82, 2.24) is 4.90 Å². The summed E-state index contributed by atoms with van der Waals surface area (Å²) in [6, 6.07) is 0.865. The van der Waals surface area contributed by atoms with Gasteiger partial charge in [0, 0.05) is 11.5 Å². The molecule has 1 heterocycles. The molecule has 122 valence electrons. The summed E-state index contributed by atoms with van der Waals surface area (Å²) in [5, 5.41) is 12.0. The fourth-order valence-corrected chi connectivity index (χ4v) is 4.15. The molecule has 0 amide bonds. The van der Waals surface area contributed by atoms with Gasteiger partial charge in [0.25, 0.3) is 0 Å². The van der Waals surface area contributed by atoms with E-state index in [2.05, 4.69) is 23.9 Å². The Morgan fingerprint density at radius 2 is 1.90 bits per heavy atom. The Hall–Kier alpha value is -0.770. The van der Waals surface area contributed by atoms with Crippen molar-refractivity contribution in [1.29, 1.82) is 0 Å². The zero-order valence-electron chi connectivity index (χ0n) is 13.9. The van der Waals surface area contributed by atoms with Crippen LogP contribution in [-0.2, 0) is 0 Å². The van der Waals surface area contributed by atoms with Crippen LogP contribution in [0.2, 0.25) is 0 Å². The molecule has 0 aromatic carbocycles. The molecule has 21 heavy (non-hydrogen) atoms. The third kappa shape index (κ3) is 4.35. The molecule has 2 unspecified atom stereocenters. The van der Waals surface area contributed by atoms with Crippen molar-refractivity contribution in [3.63, 3.8) is 0 Å². The maximum atomic E-state index is 8.81. The highest BCUT2D eigenvalue weighted by Gasteiger charge is 2.32. The van der Waals surface area contributed by atoms with E-state index in [1.54, 1.807) is 0 Å². The van der Waals surface area contributed by atoms with Crippen LogP contribution in [0.5, 0.6) is 0 Å². The molecule has 0 radical (unpaired) electrons. The lowest BCUT2D eigenvalue weighted by Gasteiger charge is -2.44. The molecule has 2 fully saturated rings. The summed E-state index contributed by atoms with van der Waals surface area (Å²) >= 11 is 0. The molecule has 1 aliphatic carbocycles. The van der Waals surface area contributed by atoms with Gasteiger partial charge in [0.1, 0.15) is 5.84 Å². The highest BCUT2D eigenvalue weighted by Crippen LogP contribution is 2.35. The number of oxime groups is 1. The van der Waals surface area contributed by atoms with Crippen LogP contribution in [0.1, 0.15) is 71.6 Å². The minimum absolute atomic E-state index is 0.190. The Morgan fingerprint density at radius 1 is 1.19 bits per heavy atom. The largest absolute Gasteiger partial charge is 0.409 e. The zero-order chi connectivity index (χ0) is 15.3. The lowest BCUT2D eigenvalue weighted by Crippen LogP contribution is -2.47. The van der Waals surface area contributed by atoms with Crippen LogP contribution >= 0.6 is 0 Å². The van der Waals surface area contributed by atoms with Crippen LogP contribution in [0, 0.1) is 11.3 Å². The number of fused-ring (bicyclic) bond motifs is 1. The molecular weight excluding hydrogens is 262 g/mol. The van der Waals surface area contributed by atoms with Crippen LogP contribution in [0.4, 0.5) is 0 Å². The van der Waals surface area contributed by atoms with Crippen molar-refractivity contribution in [2.45, 2.75) is 77.7 Å². The predicted octanol–water partition coefficient (Wildman–Crippen LogP) is 3.58. The number of rotatable bonds is 6. The van der Waals surface area contributed by atoms with E-state index in [-0.39, 0.29) is 5.41 Å². The fraction of sp³-hybridized carbons (Fsp3) is 0.941. The van der Waals surface area contributed by atoms with Gasteiger partial charge in [-0.3, -0.25) is 0 Å². The van der Waals surface area contributed by atoms with Crippen molar-refractivity contribution in [3.8, 4) is 0 Å². The lowest BCUT2D eigenvalue weighted by atomic mass is 9.78. The van der Waals surface area contributed by atoms with Gasteiger partial charge in [0.2, 0.25) is 0 Å². The molecule has 1 aliphatic heterocycles. The SMILES string of the molecule is CC(C)(CCCCN1CCCC2CCCCC21)C(N)=NO. The average molecular weight is 295 g/mol. The smallest absolute Gasteiger partial charge is 0.144 e. The maximum absolute atomic E-state index is 8.81. The number of piperidine rings is 1. The first-order chi connectivity index (χ1) is 10.0. The average Bonchev–Trinajstić information content (AvgIpc) is 2.50. The molecule has 2 atom stereocenters. The van der Waals surface area contributed by atoms with E-state index in [4.69, 9.17) is 10.9 Å². The standard InChI is InChI=1S/C17H33N3O/c1-17(2,16(18)19-21)11-5-6-12-20-13-7-9-14-8-3-4-10-15(14)20/h14-15,21H,3-13H2,1-2H3,(H2,18,19). The first-order valence-corrected chi connectivity index (χ1v) is 8.76. The van der Waals surface area contributed by atoms with Crippen molar-refractivity contribution in [3.05, 3.63) is 0 Å². The summed E-state index contributed by atoms with van der Waals surface area (Å²) in [4.78, 5) is 2.75. The van der Waals surface area contributed by atoms with Crippen LogP contribution in [0.3, 0.4) is 0 Å². The van der Waals surface area contributed by atoms with Gasteiger partial charge >= 0.3 is 0 Å². The first-order valence-electron chi connectivity index (χ1n) is 8.76. The molecule has 0 bridgehead atoms. The Morgan fingerprint density at radius 3 is 2.67 bits per heavy atom. The van der Waals surface area contributed by atoms with Crippen molar-refractivity contribution in [2.75, 3.05) is 13.1 Å². The van der Waals surface area contributed by atoms with Gasteiger partial charge in [-0.1, -0.05) is 38.3 Å². The third-order valence-electron chi connectivity index (χ3n) is 5.66. The van der Waals surface area contributed by atoms with Crippen molar-refractivity contribution < 1.29 is 5.21 Å².